The van der Waals surface area contributed by atoms with Crippen molar-refractivity contribution < 1.29 is 9.90 Å². The Hall–Kier alpha value is -2.08. The molecule has 5 nitrogen and oxygen atoms in total. The van der Waals surface area contributed by atoms with E-state index in [9.17, 15) is 9.59 Å². The minimum Gasteiger partial charge on any atom is -0.478 e. The topological polar surface area (TPSA) is 72.2 Å². The lowest BCUT2D eigenvalue weighted by molar-refractivity contribution is 0.0697. The molecule has 0 atom stereocenters. The van der Waals surface area contributed by atoms with E-state index in [1.807, 2.05) is 6.92 Å². The van der Waals surface area contributed by atoms with Crippen molar-refractivity contribution in [2.45, 2.75) is 29.8 Å². The van der Waals surface area contributed by atoms with E-state index in [1.54, 1.807) is 29.1 Å². The number of aromatic nitrogens is 2. The summed E-state index contributed by atoms with van der Waals surface area (Å²) in [5.74, 6) is -0.968. The van der Waals surface area contributed by atoms with E-state index in [-0.39, 0.29) is 11.1 Å². The average molecular weight is 290 g/mol. The van der Waals surface area contributed by atoms with Crippen LogP contribution in [0, 0.1) is 0 Å². The summed E-state index contributed by atoms with van der Waals surface area (Å²) in [5, 5.41) is 9.23. The Morgan fingerprint density at radius 3 is 2.65 bits per heavy atom. The minimum absolute atomic E-state index is 0.123. The molecule has 1 aromatic carbocycles. The van der Waals surface area contributed by atoms with Crippen LogP contribution in [0.4, 0.5) is 0 Å². The van der Waals surface area contributed by atoms with Gasteiger partial charge >= 0.3 is 5.97 Å². The molecule has 0 aliphatic rings. The number of rotatable bonds is 5. The van der Waals surface area contributed by atoms with E-state index in [4.69, 9.17) is 5.11 Å². The molecule has 0 aliphatic heterocycles. The Morgan fingerprint density at radius 2 is 2.05 bits per heavy atom. The zero-order chi connectivity index (χ0) is 14.5. The van der Waals surface area contributed by atoms with E-state index in [2.05, 4.69) is 4.98 Å². The monoisotopic (exact) mass is 290 g/mol. The van der Waals surface area contributed by atoms with Crippen molar-refractivity contribution in [3.8, 4) is 0 Å². The number of hydrogen-bond donors (Lipinski definition) is 1. The highest BCUT2D eigenvalue weighted by Crippen LogP contribution is 2.23. The van der Waals surface area contributed by atoms with Gasteiger partial charge in [0.05, 0.1) is 5.56 Å². The van der Waals surface area contributed by atoms with Crippen molar-refractivity contribution >= 4 is 17.7 Å². The van der Waals surface area contributed by atoms with Crippen LogP contribution >= 0.6 is 11.8 Å². The molecule has 20 heavy (non-hydrogen) atoms. The van der Waals surface area contributed by atoms with E-state index in [1.165, 1.54) is 23.9 Å². The lowest BCUT2D eigenvalue weighted by Crippen LogP contribution is -2.21. The first-order valence-electron chi connectivity index (χ1n) is 6.18. The number of carboxylic acids is 1. The summed E-state index contributed by atoms with van der Waals surface area (Å²) in [4.78, 5) is 27.8. The second-order valence-electron chi connectivity index (χ2n) is 4.16. The second kappa shape index (κ2) is 6.38. The van der Waals surface area contributed by atoms with Crippen LogP contribution in [0.5, 0.6) is 0 Å². The number of carboxylic acid groups (broad SMARTS) is 1. The summed E-state index contributed by atoms with van der Waals surface area (Å²) in [6.07, 6.45) is 4.15. The fourth-order valence-electron chi connectivity index (χ4n) is 1.69. The molecule has 1 heterocycles. The zero-order valence-electron chi connectivity index (χ0n) is 10.9. The van der Waals surface area contributed by atoms with Gasteiger partial charge in [-0.25, -0.2) is 9.78 Å². The third-order valence-corrected chi connectivity index (χ3v) is 3.64. The van der Waals surface area contributed by atoms with Crippen molar-refractivity contribution in [1.29, 1.82) is 0 Å². The third-order valence-electron chi connectivity index (χ3n) is 2.66. The van der Waals surface area contributed by atoms with Gasteiger partial charge in [0.15, 0.2) is 5.03 Å². The largest absolute Gasteiger partial charge is 0.478 e. The molecule has 0 saturated heterocycles. The predicted octanol–water partition coefficient (Wildman–Crippen LogP) is 2.50. The number of carbonyl (C=O) groups is 1. The SMILES string of the molecule is CCCn1ccnc(Sc2ccc(C(=O)O)cc2)c1=O. The normalized spacial score (nSPS) is 10.4. The number of hydrogen-bond acceptors (Lipinski definition) is 4. The lowest BCUT2D eigenvalue weighted by Gasteiger charge is -2.05. The summed E-state index contributed by atoms with van der Waals surface area (Å²) in [6.45, 7) is 2.66. The molecular formula is C14H14N2O3S. The highest BCUT2D eigenvalue weighted by Gasteiger charge is 2.08. The van der Waals surface area contributed by atoms with Gasteiger partial charge in [-0.1, -0.05) is 18.7 Å². The van der Waals surface area contributed by atoms with Crippen molar-refractivity contribution in [2.75, 3.05) is 0 Å². The Balaban J connectivity index is 2.24. The molecule has 0 aliphatic carbocycles. The fourth-order valence-corrected chi connectivity index (χ4v) is 2.50. The first-order chi connectivity index (χ1) is 9.61. The first kappa shape index (κ1) is 14.3. The molecule has 0 amide bonds. The van der Waals surface area contributed by atoms with Crippen LogP contribution in [0.2, 0.25) is 0 Å². The molecule has 0 radical (unpaired) electrons. The van der Waals surface area contributed by atoms with Crippen molar-refractivity contribution in [3.63, 3.8) is 0 Å². The maximum atomic E-state index is 12.1. The molecule has 2 rings (SSSR count). The highest BCUT2D eigenvalue weighted by molar-refractivity contribution is 7.99. The van der Waals surface area contributed by atoms with Crippen LogP contribution in [0.3, 0.4) is 0 Å². The molecule has 0 fully saturated rings. The Labute approximate surface area is 120 Å². The van der Waals surface area contributed by atoms with Gasteiger partial charge in [0, 0.05) is 23.8 Å². The van der Waals surface area contributed by atoms with Crippen LogP contribution in [-0.2, 0) is 6.54 Å². The van der Waals surface area contributed by atoms with Crippen LogP contribution in [0.1, 0.15) is 23.7 Å². The highest BCUT2D eigenvalue weighted by atomic mass is 32.2. The molecule has 104 valence electrons. The molecule has 1 N–H and O–H groups in total. The molecular weight excluding hydrogens is 276 g/mol. The van der Waals surface area contributed by atoms with Gasteiger partial charge < -0.3 is 9.67 Å². The fraction of sp³-hybridized carbons (Fsp3) is 0.214. The summed E-state index contributed by atoms with van der Waals surface area (Å²) >= 11 is 1.24. The second-order valence-corrected chi connectivity index (χ2v) is 5.22. The van der Waals surface area contributed by atoms with Crippen LogP contribution in [0.25, 0.3) is 0 Å². The van der Waals surface area contributed by atoms with E-state index >= 15 is 0 Å². The molecule has 0 bridgehead atoms. The van der Waals surface area contributed by atoms with E-state index in [0.717, 1.165) is 11.3 Å². The standard InChI is InChI=1S/C14H14N2O3S/c1-2-8-16-9-7-15-12(13(16)17)20-11-5-3-10(4-6-11)14(18)19/h3-7,9H,2,8H2,1H3,(H,18,19). The third kappa shape index (κ3) is 3.27. The summed E-state index contributed by atoms with van der Waals surface area (Å²) < 4.78 is 1.63. The summed E-state index contributed by atoms with van der Waals surface area (Å²) in [7, 11) is 0. The molecule has 0 unspecified atom stereocenters. The number of aromatic carboxylic acids is 1. The van der Waals surface area contributed by atoms with Crippen LogP contribution < -0.4 is 5.56 Å². The first-order valence-corrected chi connectivity index (χ1v) is 7.00. The zero-order valence-corrected chi connectivity index (χ0v) is 11.8. The quantitative estimate of drug-likeness (QED) is 0.916. The average Bonchev–Trinajstić information content (AvgIpc) is 2.44. The van der Waals surface area contributed by atoms with Gasteiger partial charge in [-0.15, -0.1) is 0 Å². The van der Waals surface area contributed by atoms with Crippen LogP contribution in [-0.4, -0.2) is 20.6 Å². The van der Waals surface area contributed by atoms with Gasteiger partial charge in [0.2, 0.25) is 0 Å². The summed E-state index contributed by atoms with van der Waals surface area (Å²) in [6, 6.07) is 6.37. The molecule has 6 heteroatoms. The lowest BCUT2D eigenvalue weighted by atomic mass is 10.2. The van der Waals surface area contributed by atoms with Gasteiger partial charge in [0.1, 0.15) is 0 Å². The van der Waals surface area contributed by atoms with Crippen LogP contribution in [0.15, 0.2) is 51.4 Å². The Morgan fingerprint density at radius 1 is 1.35 bits per heavy atom. The van der Waals surface area contributed by atoms with Gasteiger partial charge in [0.25, 0.3) is 5.56 Å². The minimum atomic E-state index is -0.968. The number of aryl methyl sites for hydroxylation is 1. The van der Waals surface area contributed by atoms with Gasteiger partial charge in [-0.2, -0.15) is 0 Å². The van der Waals surface area contributed by atoms with Crippen molar-refractivity contribution in [1.82, 2.24) is 9.55 Å². The van der Waals surface area contributed by atoms with Gasteiger partial charge in [-0.3, -0.25) is 4.79 Å². The van der Waals surface area contributed by atoms with E-state index < -0.39 is 5.97 Å². The maximum Gasteiger partial charge on any atom is 0.335 e. The summed E-state index contributed by atoms with van der Waals surface area (Å²) in [5.41, 5.74) is 0.0976. The molecule has 0 spiro atoms. The Bertz CT molecular complexity index is 665. The van der Waals surface area contributed by atoms with E-state index in [0.29, 0.717) is 11.6 Å². The molecule has 0 saturated carbocycles. The molecule has 2 aromatic rings. The number of benzene rings is 1. The smallest absolute Gasteiger partial charge is 0.335 e. The predicted molar refractivity (Wildman–Crippen MR) is 76.3 cm³/mol. The molecule has 1 aromatic heterocycles. The number of nitrogens with zero attached hydrogens (tertiary/aromatic N) is 2. The van der Waals surface area contributed by atoms with Gasteiger partial charge in [-0.05, 0) is 30.7 Å². The Kier molecular flexibility index (Phi) is 4.57. The maximum absolute atomic E-state index is 12.1. The van der Waals surface area contributed by atoms with Crippen molar-refractivity contribution in [2.24, 2.45) is 0 Å². The van der Waals surface area contributed by atoms with Crippen molar-refractivity contribution in [3.05, 3.63) is 52.6 Å².